The molecule has 4 nitrogen and oxygen atoms in total. The molecule has 0 fully saturated rings. The van der Waals surface area contributed by atoms with Crippen LogP contribution in [-0.2, 0) is 20.2 Å². The largest absolute Gasteiger partial charge is 0.235 e. The molecule has 0 unspecified atom stereocenters. The topological polar surface area (TPSA) is 63.6 Å². The van der Waals surface area contributed by atoms with Gasteiger partial charge in [0.1, 0.15) is 0 Å². The molecule has 1 aromatic rings. The van der Waals surface area contributed by atoms with Gasteiger partial charge in [0.25, 0.3) is 0 Å². The summed E-state index contributed by atoms with van der Waals surface area (Å²) in [7, 11) is -3.26. The van der Waals surface area contributed by atoms with Crippen molar-refractivity contribution in [3.8, 4) is 0 Å². The van der Waals surface area contributed by atoms with Gasteiger partial charge >= 0.3 is 0 Å². The van der Waals surface area contributed by atoms with Crippen LogP contribution in [0.4, 0.5) is 0 Å². The van der Waals surface area contributed by atoms with Crippen LogP contribution in [0.2, 0.25) is 0 Å². The lowest BCUT2D eigenvalue weighted by Crippen LogP contribution is -2.16. The van der Waals surface area contributed by atoms with Crippen molar-refractivity contribution in [2.24, 2.45) is 4.99 Å². The first-order valence-electron chi connectivity index (χ1n) is 5.65. The summed E-state index contributed by atoms with van der Waals surface area (Å²) in [5.74, 6) is 0. The Morgan fingerprint density at radius 2 is 1.67 bits per heavy atom. The fraction of sp³-hybridized carbons (Fsp3) is 0.462. The van der Waals surface area contributed by atoms with Crippen molar-refractivity contribution >= 4 is 15.9 Å². The third-order valence-corrected chi connectivity index (χ3v) is 5.01. The van der Waals surface area contributed by atoms with Crippen LogP contribution >= 0.6 is 0 Å². The van der Waals surface area contributed by atoms with E-state index in [1.165, 1.54) is 6.08 Å². The average Bonchev–Trinajstić information content (AvgIpc) is 2.29. The van der Waals surface area contributed by atoms with E-state index in [9.17, 15) is 13.2 Å². The monoisotopic (exact) mass is 267 g/mol. The maximum absolute atomic E-state index is 11.9. The van der Waals surface area contributed by atoms with Gasteiger partial charge in [-0.1, -0.05) is 12.1 Å². The highest BCUT2D eigenvalue weighted by Gasteiger charge is 2.22. The molecule has 0 heterocycles. The zero-order valence-electron chi connectivity index (χ0n) is 11.0. The van der Waals surface area contributed by atoms with Crippen molar-refractivity contribution in [3.05, 3.63) is 29.8 Å². The van der Waals surface area contributed by atoms with E-state index >= 15 is 0 Å². The molecule has 0 aliphatic rings. The Morgan fingerprint density at radius 3 is 2.06 bits per heavy atom. The Hall–Kier alpha value is -1.45. The molecule has 0 N–H and O–H groups in total. The minimum absolute atomic E-state index is 0.284. The maximum Gasteiger partial charge on any atom is 0.235 e. The van der Waals surface area contributed by atoms with E-state index in [0.29, 0.717) is 0 Å². The van der Waals surface area contributed by atoms with Crippen molar-refractivity contribution < 1.29 is 13.2 Å². The van der Waals surface area contributed by atoms with Crippen LogP contribution in [0.15, 0.2) is 34.2 Å². The third-order valence-electron chi connectivity index (χ3n) is 2.84. The molecule has 5 heteroatoms. The predicted octanol–water partition coefficient (Wildman–Crippen LogP) is 2.44. The van der Waals surface area contributed by atoms with E-state index in [4.69, 9.17) is 0 Å². The third kappa shape index (κ3) is 2.86. The van der Waals surface area contributed by atoms with Gasteiger partial charge in [-0.15, -0.1) is 0 Å². The van der Waals surface area contributed by atoms with Gasteiger partial charge < -0.3 is 0 Å². The summed E-state index contributed by atoms with van der Waals surface area (Å²) in [6.45, 7) is 6.82. The summed E-state index contributed by atoms with van der Waals surface area (Å²) in [6.07, 6.45) is 1.53. The zero-order valence-corrected chi connectivity index (χ0v) is 11.8. The van der Waals surface area contributed by atoms with Crippen LogP contribution in [-0.4, -0.2) is 19.7 Å². The predicted molar refractivity (Wildman–Crippen MR) is 69.9 cm³/mol. The van der Waals surface area contributed by atoms with Crippen LogP contribution < -0.4 is 0 Å². The van der Waals surface area contributed by atoms with E-state index in [1.807, 2.05) is 0 Å². The van der Waals surface area contributed by atoms with Crippen molar-refractivity contribution in [2.75, 3.05) is 0 Å². The van der Waals surface area contributed by atoms with Gasteiger partial charge in [0.05, 0.1) is 15.7 Å². The molecule has 0 aliphatic heterocycles. The van der Waals surface area contributed by atoms with Gasteiger partial charge in [0, 0.05) is 0 Å². The Kier molecular flexibility index (Phi) is 4.09. The summed E-state index contributed by atoms with van der Waals surface area (Å²) in [4.78, 5) is 14.3. The molecular weight excluding hydrogens is 250 g/mol. The fourth-order valence-electron chi connectivity index (χ4n) is 1.50. The molecule has 1 rings (SSSR count). The highest BCUT2D eigenvalue weighted by Crippen LogP contribution is 2.26. The van der Waals surface area contributed by atoms with E-state index in [-0.39, 0.29) is 4.90 Å². The lowest BCUT2D eigenvalue weighted by Gasteiger charge is -2.18. The Balaban J connectivity index is 3.20. The van der Waals surface area contributed by atoms with Crippen LogP contribution in [0.3, 0.4) is 0 Å². The summed E-state index contributed by atoms with van der Waals surface area (Å²) >= 11 is 0. The molecule has 1 aromatic carbocycles. The Labute approximate surface area is 108 Å². The van der Waals surface area contributed by atoms with E-state index in [0.717, 1.165) is 5.56 Å². The smallest absolute Gasteiger partial charge is 0.223 e. The molecule has 0 amide bonds. The zero-order chi connectivity index (χ0) is 14.0. The average molecular weight is 267 g/mol. The second kappa shape index (κ2) is 5.04. The molecule has 0 aromatic heterocycles. The Bertz CT molecular complexity index is 565. The van der Waals surface area contributed by atoms with Gasteiger partial charge in [0.15, 0.2) is 9.84 Å². The molecule has 98 valence electrons. The molecule has 0 aliphatic carbocycles. The second-order valence-corrected chi connectivity index (χ2v) is 7.38. The number of benzene rings is 1. The summed E-state index contributed by atoms with van der Waals surface area (Å²) in [5, 5.41) is -0.454. The van der Waals surface area contributed by atoms with Gasteiger partial charge in [-0.25, -0.2) is 13.2 Å². The van der Waals surface area contributed by atoms with Crippen molar-refractivity contribution in [2.45, 2.75) is 43.4 Å². The first-order chi connectivity index (χ1) is 8.21. The highest BCUT2D eigenvalue weighted by molar-refractivity contribution is 7.92. The number of hydrogen-bond acceptors (Lipinski definition) is 4. The summed E-state index contributed by atoms with van der Waals surface area (Å²) in [6, 6.07) is 6.45. The minimum atomic E-state index is -3.26. The molecule has 0 spiro atoms. The SMILES string of the molecule is CC(C)S(=O)(=O)c1ccc(C(C)(C)N=C=O)cc1. The van der Waals surface area contributed by atoms with Gasteiger partial charge in [-0.05, 0) is 45.4 Å². The molecule has 0 atom stereocenters. The number of nitrogens with zero attached hydrogens (tertiary/aromatic N) is 1. The number of isocyanates is 1. The van der Waals surface area contributed by atoms with Crippen molar-refractivity contribution in [1.82, 2.24) is 0 Å². The Morgan fingerprint density at radius 1 is 1.17 bits per heavy atom. The summed E-state index contributed by atoms with van der Waals surface area (Å²) in [5.41, 5.74) is 0.0792. The molecule has 18 heavy (non-hydrogen) atoms. The highest BCUT2D eigenvalue weighted by atomic mass is 32.2. The van der Waals surface area contributed by atoms with Crippen molar-refractivity contribution in [1.29, 1.82) is 0 Å². The van der Waals surface area contributed by atoms with Crippen LogP contribution in [0.25, 0.3) is 0 Å². The number of rotatable bonds is 4. The van der Waals surface area contributed by atoms with Crippen LogP contribution in [0, 0.1) is 0 Å². The number of aliphatic imine (C=N–C) groups is 1. The minimum Gasteiger partial charge on any atom is -0.223 e. The van der Waals surface area contributed by atoms with Crippen molar-refractivity contribution in [3.63, 3.8) is 0 Å². The van der Waals surface area contributed by atoms with Gasteiger partial charge in [0.2, 0.25) is 6.08 Å². The number of hydrogen-bond donors (Lipinski definition) is 0. The molecule has 0 radical (unpaired) electrons. The molecular formula is C13H17NO3S. The molecule has 0 saturated carbocycles. The second-order valence-electron chi connectivity index (χ2n) is 4.88. The van der Waals surface area contributed by atoms with E-state index in [2.05, 4.69) is 4.99 Å². The lowest BCUT2D eigenvalue weighted by molar-refractivity contribution is 0.522. The van der Waals surface area contributed by atoms with Gasteiger partial charge in [-0.2, -0.15) is 4.99 Å². The van der Waals surface area contributed by atoms with E-state index < -0.39 is 20.6 Å². The molecule has 0 bridgehead atoms. The quantitative estimate of drug-likeness (QED) is 0.621. The van der Waals surface area contributed by atoms with Gasteiger partial charge in [-0.3, -0.25) is 0 Å². The first kappa shape index (κ1) is 14.6. The molecule has 0 saturated heterocycles. The normalized spacial score (nSPS) is 12.3. The maximum atomic E-state index is 11.9. The van der Waals surface area contributed by atoms with Crippen LogP contribution in [0.1, 0.15) is 33.3 Å². The fourth-order valence-corrected chi connectivity index (χ4v) is 2.56. The lowest BCUT2D eigenvalue weighted by atomic mass is 9.95. The standard InChI is InChI=1S/C13H17NO3S/c1-10(2)18(16,17)12-7-5-11(6-8-12)13(3,4)14-9-15/h5-8,10H,1-4H3. The van der Waals surface area contributed by atoms with Crippen LogP contribution in [0.5, 0.6) is 0 Å². The van der Waals surface area contributed by atoms with E-state index in [1.54, 1.807) is 52.0 Å². The number of sulfone groups is 1. The first-order valence-corrected chi connectivity index (χ1v) is 7.20. The summed E-state index contributed by atoms with van der Waals surface area (Å²) < 4.78 is 23.9. The number of carbonyl (C=O) groups excluding carboxylic acids is 1.